The van der Waals surface area contributed by atoms with Gasteiger partial charge in [-0.1, -0.05) is 24.6 Å². The minimum Gasteiger partial charge on any atom is -0.390 e. The van der Waals surface area contributed by atoms with Crippen molar-refractivity contribution in [3.63, 3.8) is 0 Å². The minimum absolute atomic E-state index is 0.497. The second-order valence-electron chi connectivity index (χ2n) is 3.09. The summed E-state index contributed by atoms with van der Waals surface area (Å²) in [6.45, 7) is 1.81. The lowest BCUT2D eigenvalue weighted by Gasteiger charge is -2.17. The fourth-order valence-electron chi connectivity index (χ4n) is 1.17. The van der Waals surface area contributed by atoms with E-state index in [4.69, 9.17) is 11.6 Å². The highest BCUT2D eigenvalue weighted by atomic mass is 127. The van der Waals surface area contributed by atoms with Crippen molar-refractivity contribution < 1.29 is 10.2 Å². The second-order valence-corrected chi connectivity index (χ2v) is 4.74. The Bertz CT molecular complexity index is 317. The summed E-state index contributed by atoms with van der Waals surface area (Å²) in [5, 5.41) is 19.7. The van der Waals surface area contributed by atoms with E-state index in [0.717, 1.165) is 3.57 Å². The summed E-state index contributed by atoms with van der Waals surface area (Å²) >= 11 is 8.09. The zero-order chi connectivity index (χ0) is 10.7. The molecule has 0 heterocycles. The van der Waals surface area contributed by atoms with Crippen molar-refractivity contribution in [2.75, 3.05) is 0 Å². The quantitative estimate of drug-likeness (QED) is 0.839. The molecule has 2 nitrogen and oxygen atoms in total. The van der Waals surface area contributed by atoms with E-state index < -0.39 is 12.2 Å². The van der Waals surface area contributed by atoms with Gasteiger partial charge in [0.05, 0.1) is 6.10 Å². The molecule has 0 bridgehead atoms. The molecule has 0 radical (unpaired) electrons. The summed E-state index contributed by atoms with van der Waals surface area (Å²) in [6.07, 6.45) is -1.15. The number of aliphatic hydroxyl groups is 2. The third-order valence-corrected chi connectivity index (χ3v) is 3.06. The SMILES string of the molecule is CC[C@H](O)[C@@H](O)c1ccc(I)cc1Cl. The molecule has 0 amide bonds. The third-order valence-electron chi connectivity index (χ3n) is 2.06. The van der Waals surface area contributed by atoms with Gasteiger partial charge < -0.3 is 10.2 Å². The fourth-order valence-corrected chi connectivity index (χ4v) is 2.14. The Morgan fingerprint density at radius 2 is 2.07 bits per heavy atom. The zero-order valence-electron chi connectivity index (χ0n) is 7.74. The van der Waals surface area contributed by atoms with E-state index in [1.54, 1.807) is 12.1 Å². The Balaban J connectivity index is 2.95. The van der Waals surface area contributed by atoms with Gasteiger partial charge in [0.2, 0.25) is 0 Å². The molecule has 0 fully saturated rings. The first-order valence-electron chi connectivity index (χ1n) is 4.37. The molecule has 0 aliphatic carbocycles. The summed E-state index contributed by atoms with van der Waals surface area (Å²) in [4.78, 5) is 0. The van der Waals surface area contributed by atoms with Crippen LogP contribution < -0.4 is 0 Å². The Morgan fingerprint density at radius 1 is 1.43 bits per heavy atom. The van der Waals surface area contributed by atoms with Crippen LogP contribution >= 0.6 is 34.2 Å². The van der Waals surface area contributed by atoms with Crippen LogP contribution in [0.4, 0.5) is 0 Å². The van der Waals surface area contributed by atoms with Crippen LogP contribution in [0.2, 0.25) is 5.02 Å². The highest BCUT2D eigenvalue weighted by Crippen LogP contribution is 2.27. The highest BCUT2D eigenvalue weighted by molar-refractivity contribution is 14.1. The molecule has 0 saturated heterocycles. The molecular weight excluding hydrogens is 314 g/mol. The van der Waals surface area contributed by atoms with Crippen molar-refractivity contribution in [1.29, 1.82) is 0 Å². The Kier molecular flexibility index (Phi) is 4.63. The van der Waals surface area contributed by atoms with Crippen molar-refractivity contribution in [3.8, 4) is 0 Å². The number of rotatable bonds is 3. The molecule has 0 aliphatic heterocycles. The standard InChI is InChI=1S/C10H12ClIO2/c1-2-9(13)10(14)7-4-3-6(12)5-8(7)11/h3-5,9-10,13-14H,2H2,1H3/t9-,10-/m0/s1. The van der Waals surface area contributed by atoms with E-state index in [-0.39, 0.29) is 0 Å². The average Bonchev–Trinajstić information content (AvgIpc) is 2.15. The third kappa shape index (κ3) is 2.82. The average molecular weight is 327 g/mol. The van der Waals surface area contributed by atoms with E-state index in [1.807, 2.05) is 13.0 Å². The predicted molar refractivity (Wildman–Crippen MR) is 65.4 cm³/mol. The summed E-state index contributed by atoms with van der Waals surface area (Å²) in [7, 11) is 0. The number of benzene rings is 1. The maximum atomic E-state index is 9.72. The Labute approximate surface area is 102 Å². The lowest BCUT2D eigenvalue weighted by Crippen LogP contribution is -2.17. The summed E-state index contributed by atoms with van der Waals surface area (Å²) < 4.78 is 1.01. The number of aliphatic hydroxyl groups excluding tert-OH is 2. The van der Waals surface area contributed by atoms with Crippen LogP contribution in [0.25, 0.3) is 0 Å². The van der Waals surface area contributed by atoms with Crippen molar-refractivity contribution >= 4 is 34.2 Å². The van der Waals surface area contributed by atoms with Gasteiger partial charge in [-0.2, -0.15) is 0 Å². The van der Waals surface area contributed by atoms with Gasteiger partial charge >= 0.3 is 0 Å². The number of hydrogen-bond donors (Lipinski definition) is 2. The first-order chi connectivity index (χ1) is 6.56. The molecule has 14 heavy (non-hydrogen) atoms. The maximum Gasteiger partial charge on any atom is 0.106 e. The summed E-state index contributed by atoms with van der Waals surface area (Å²) in [5.74, 6) is 0. The molecule has 78 valence electrons. The van der Waals surface area contributed by atoms with Crippen LogP contribution in [0.15, 0.2) is 18.2 Å². The Hall–Kier alpha value is 0.160. The molecule has 2 N–H and O–H groups in total. The van der Waals surface area contributed by atoms with E-state index >= 15 is 0 Å². The van der Waals surface area contributed by atoms with Gasteiger partial charge in [0, 0.05) is 14.2 Å². The topological polar surface area (TPSA) is 40.5 Å². The van der Waals surface area contributed by atoms with Crippen molar-refractivity contribution in [2.45, 2.75) is 25.6 Å². The van der Waals surface area contributed by atoms with Gasteiger partial charge in [0.1, 0.15) is 6.10 Å². The molecule has 1 aromatic rings. The smallest absolute Gasteiger partial charge is 0.106 e. The van der Waals surface area contributed by atoms with E-state index in [1.165, 1.54) is 0 Å². The molecule has 1 aromatic carbocycles. The maximum absolute atomic E-state index is 9.72. The van der Waals surface area contributed by atoms with Gasteiger partial charge in [-0.25, -0.2) is 0 Å². The van der Waals surface area contributed by atoms with Gasteiger partial charge in [-0.3, -0.25) is 0 Å². The van der Waals surface area contributed by atoms with E-state index in [0.29, 0.717) is 17.0 Å². The normalized spacial score (nSPS) is 15.2. The monoisotopic (exact) mass is 326 g/mol. The van der Waals surface area contributed by atoms with Crippen LogP contribution in [0.5, 0.6) is 0 Å². The number of hydrogen-bond acceptors (Lipinski definition) is 2. The summed E-state index contributed by atoms with van der Waals surface area (Å²) in [6, 6.07) is 5.37. The largest absolute Gasteiger partial charge is 0.390 e. The fraction of sp³-hybridized carbons (Fsp3) is 0.400. The van der Waals surface area contributed by atoms with Crippen molar-refractivity contribution in [1.82, 2.24) is 0 Å². The van der Waals surface area contributed by atoms with Gasteiger partial charge in [-0.15, -0.1) is 0 Å². The van der Waals surface area contributed by atoms with Crippen LogP contribution in [-0.2, 0) is 0 Å². The molecule has 0 spiro atoms. The van der Waals surface area contributed by atoms with Crippen LogP contribution in [0, 0.1) is 3.57 Å². The molecule has 4 heteroatoms. The first-order valence-corrected chi connectivity index (χ1v) is 5.83. The van der Waals surface area contributed by atoms with Crippen LogP contribution in [-0.4, -0.2) is 16.3 Å². The molecule has 0 saturated carbocycles. The minimum atomic E-state index is -0.899. The van der Waals surface area contributed by atoms with Gasteiger partial charge in [0.15, 0.2) is 0 Å². The molecule has 0 aliphatic rings. The van der Waals surface area contributed by atoms with Crippen molar-refractivity contribution in [3.05, 3.63) is 32.4 Å². The van der Waals surface area contributed by atoms with Crippen molar-refractivity contribution in [2.24, 2.45) is 0 Å². The van der Waals surface area contributed by atoms with Gasteiger partial charge in [-0.05, 0) is 41.1 Å². The molecule has 2 atom stereocenters. The van der Waals surface area contributed by atoms with E-state index in [9.17, 15) is 10.2 Å². The lowest BCUT2D eigenvalue weighted by molar-refractivity contribution is 0.0165. The van der Waals surface area contributed by atoms with Crippen LogP contribution in [0.3, 0.4) is 0 Å². The summed E-state index contributed by atoms with van der Waals surface area (Å²) in [5.41, 5.74) is 0.585. The highest BCUT2D eigenvalue weighted by Gasteiger charge is 2.18. The Morgan fingerprint density at radius 3 is 2.57 bits per heavy atom. The number of halogens is 2. The van der Waals surface area contributed by atoms with Crippen LogP contribution in [0.1, 0.15) is 25.0 Å². The molecule has 0 aromatic heterocycles. The second kappa shape index (κ2) is 5.30. The zero-order valence-corrected chi connectivity index (χ0v) is 10.7. The van der Waals surface area contributed by atoms with E-state index in [2.05, 4.69) is 22.6 Å². The lowest BCUT2D eigenvalue weighted by atomic mass is 10.0. The molecule has 0 unspecified atom stereocenters. The first kappa shape index (κ1) is 12.2. The van der Waals surface area contributed by atoms with Gasteiger partial charge in [0.25, 0.3) is 0 Å². The molecule has 1 rings (SSSR count). The molecular formula is C10H12ClIO2. The predicted octanol–water partition coefficient (Wildman–Crippen LogP) is 2.75.